The highest BCUT2D eigenvalue weighted by molar-refractivity contribution is 7.92. The predicted molar refractivity (Wildman–Crippen MR) is 147 cm³/mol. The summed E-state index contributed by atoms with van der Waals surface area (Å²) < 4.78 is 26.3. The fourth-order valence-corrected chi connectivity index (χ4v) is 5.38. The first kappa shape index (κ1) is 30.2. The van der Waals surface area contributed by atoms with E-state index in [1.165, 1.54) is 9.21 Å². The van der Waals surface area contributed by atoms with Gasteiger partial charge in [-0.05, 0) is 56.5 Å². The molecule has 11 heteroatoms. The Balaban J connectivity index is 2.24. The molecular formula is C25H32Cl3N3O4S. The molecule has 198 valence electrons. The lowest BCUT2D eigenvalue weighted by atomic mass is 10.1. The largest absolute Gasteiger partial charge is 0.354 e. The summed E-state index contributed by atoms with van der Waals surface area (Å²) >= 11 is 18.9. The van der Waals surface area contributed by atoms with Gasteiger partial charge in [0, 0.05) is 46.7 Å². The van der Waals surface area contributed by atoms with E-state index in [-0.39, 0.29) is 37.7 Å². The summed E-state index contributed by atoms with van der Waals surface area (Å²) in [5.41, 5.74) is 1.63. The van der Waals surface area contributed by atoms with Gasteiger partial charge in [-0.25, -0.2) is 8.42 Å². The van der Waals surface area contributed by atoms with Crippen LogP contribution in [0.5, 0.6) is 0 Å². The first-order valence-corrected chi connectivity index (χ1v) is 14.6. The van der Waals surface area contributed by atoms with Crippen LogP contribution >= 0.6 is 34.8 Å². The van der Waals surface area contributed by atoms with Crippen molar-refractivity contribution in [1.29, 1.82) is 0 Å². The van der Waals surface area contributed by atoms with Crippen molar-refractivity contribution in [2.24, 2.45) is 0 Å². The highest BCUT2D eigenvalue weighted by atomic mass is 35.5. The maximum atomic E-state index is 13.3. The number of anilines is 1. The molecule has 0 saturated heterocycles. The van der Waals surface area contributed by atoms with Crippen LogP contribution < -0.4 is 9.62 Å². The Morgan fingerprint density at radius 3 is 2.19 bits per heavy atom. The lowest BCUT2D eigenvalue weighted by Gasteiger charge is -2.30. The van der Waals surface area contributed by atoms with Gasteiger partial charge in [-0.1, -0.05) is 53.9 Å². The summed E-state index contributed by atoms with van der Waals surface area (Å²) in [6, 6.07) is 9.31. The zero-order valence-corrected chi connectivity index (χ0v) is 23.9. The maximum Gasteiger partial charge on any atom is 0.242 e. The number of benzene rings is 2. The van der Waals surface area contributed by atoms with Gasteiger partial charge in [0.15, 0.2) is 0 Å². The summed E-state index contributed by atoms with van der Waals surface area (Å²) in [4.78, 5) is 27.5. The number of carbonyl (C=O) groups excluding carboxylic acids is 2. The van der Waals surface area contributed by atoms with Gasteiger partial charge in [0.05, 0.1) is 11.9 Å². The van der Waals surface area contributed by atoms with E-state index in [0.29, 0.717) is 38.4 Å². The molecule has 0 radical (unpaired) electrons. The highest BCUT2D eigenvalue weighted by Crippen LogP contribution is 2.29. The van der Waals surface area contributed by atoms with Crippen LogP contribution in [-0.2, 0) is 26.2 Å². The van der Waals surface area contributed by atoms with Crippen LogP contribution in [0.3, 0.4) is 0 Å². The molecule has 0 aliphatic heterocycles. The predicted octanol–water partition coefficient (Wildman–Crippen LogP) is 5.44. The van der Waals surface area contributed by atoms with Gasteiger partial charge in [-0.2, -0.15) is 0 Å². The number of carbonyl (C=O) groups is 2. The van der Waals surface area contributed by atoms with E-state index in [4.69, 9.17) is 34.8 Å². The van der Waals surface area contributed by atoms with Crippen molar-refractivity contribution in [2.75, 3.05) is 23.7 Å². The van der Waals surface area contributed by atoms with E-state index < -0.39 is 16.1 Å². The summed E-state index contributed by atoms with van der Waals surface area (Å²) in [7, 11) is -3.62. The normalized spacial score (nSPS) is 12.2. The number of nitrogens with one attached hydrogen (secondary N) is 1. The van der Waals surface area contributed by atoms with Crippen LogP contribution in [0, 0.1) is 6.92 Å². The lowest BCUT2D eigenvalue weighted by Crippen LogP contribution is -2.48. The van der Waals surface area contributed by atoms with Crippen molar-refractivity contribution in [3.05, 3.63) is 62.6 Å². The molecule has 0 saturated carbocycles. The smallest absolute Gasteiger partial charge is 0.242 e. The van der Waals surface area contributed by atoms with Gasteiger partial charge < -0.3 is 10.2 Å². The summed E-state index contributed by atoms with van der Waals surface area (Å²) in [6.07, 6.45) is 2.11. The molecule has 0 unspecified atom stereocenters. The molecule has 2 rings (SSSR count). The third kappa shape index (κ3) is 8.00. The highest BCUT2D eigenvalue weighted by Gasteiger charge is 2.28. The van der Waals surface area contributed by atoms with Crippen molar-refractivity contribution in [3.63, 3.8) is 0 Å². The van der Waals surface area contributed by atoms with Gasteiger partial charge in [0.1, 0.15) is 6.04 Å². The second-order valence-corrected chi connectivity index (χ2v) is 11.6. The maximum absolute atomic E-state index is 13.3. The molecule has 0 spiro atoms. The molecule has 2 aromatic rings. The molecule has 2 aromatic carbocycles. The van der Waals surface area contributed by atoms with Crippen LogP contribution in [0.2, 0.25) is 15.1 Å². The van der Waals surface area contributed by atoms with Crippen LogP contribution in [0.15, 0.2) is 36.4 Å². The molecule has 0 fully saturated rings. The standard InChI is InChI=1S/C25H32Cl3N3O4S/c1-5-14-29-25(33)18(3)30(16-19-21(27)10-6-11-22(19)28)24(32)13-8-15-31(36(4,34)35)23-12-7-9-20(26)17(23)2/h6-7,9-12,18H,5,8,13-16H2,1-4H3,(H,29,33)/t18-/m0/s1. The Hall–Kier alpha value is -2.00. The van der Waals surface area contributed by atoms with Gasteiger partial charge in [0.2, 0.25) is 21.8 Å². The van der Waals surface area contributed by atoms with Crippen molar-refractivity contribution < 1.29 is 18.0 Å². The average Bonchev–Trinajstić information content (AvgIpc) is 2.81. The molecule has 36 heavy (non-hydrogen) atoms. The topological polar surface area (TPSA) is 86.8 Å². The Kier molecular flexibility index (Phi) is 11.3. The SMILES string of the molecule is CCCNC(=O)[C@H](C)N(Cc1c(Cl)cccc1Cl)C(=O)CCCN(c1cccc(Cl)c1C)S(C)(=O)=O. The summed E-state index contributed by atoms with van der Waals surface area (Å²) in [5, 5.41) is 4.04. The quantitative estimate of drug-likeness (QED) is 0.364. The van der Waals surface area contributed by atoms with Crippen LogP contribution in [0.4, 0.5) is 5.69 Å². The fraction of sp³-hybridized carbons (Fsp3) is 0.440. The van der Waals surface area contributed by atoms with Crippen molar-refractivity contribution in [1.82, 2.24) is 10.2 Å². The Bertz CT molecular complexity index is 1170. The first-order chi connectivity index (χ1) is 16.9. The van der Waals surface area contributed by atoms with Crippen LogP contribution in [0.25, 0.3) is 0 Å². The first-order valence-electron chi connectivity index (χ1n) is 11.6. The lowest BCUT2D eigenvalue weighted by molar-refractivity contribution is -0.140. The van der Waals surface area contributed by atoms with Gasteiger partial charge in [-0.15, -0.1) is 0 Å². The third-order valence-electron chi connectivity index (χ3n) is 5.77. The van der Waals surface area contributed by atoms with E-state index in [9.17, 15) is 18.0 Å². The van der Waals surface area contributed by atoms with Gasteiger partial charge >= 0.3 is 0 Å². The Labute approximate surface area is 228 Å². The van der Waals surface area contributed by atoms with E-state index in [1.807, 2.05) is 6.92 Å². The van der Waals surface area contributed by atoms with Gasteiger partial charge in [0.25, 0.3) is 0 Å². The molecule has 1 N–H and O–H groups in total. The number of amides is 2. The van der Waals surface area contributed by atoms with Gasteiger partial charge in [-0.3, -0.25) is 13.9 Å². The third-order valence-corrected chi connectivity index (χ3v) is 8.06. The van der Waals surface area contributed by atoms with Crippen molar-refractivity contribution in [2.45, 2.75) is 52.6 Å². The van der Waals surface area contributed by atoms with Crippen LogP contribution in [-0.4, -0.2) is 50.5 Å². The molecule has 0 aromatic heterocycles. The number of sulfonamides is 1. The molecule has 0 heterocycles. The Morgan fingerprint density at radius 1 is 1.03 bits per heavy atom. The number of hydrogen-bond donors (Lipinski definition) is 1. The van der Waals surface area contributed by atoms with Crippen molar-refractivity contribution >= 4 is 62.3 Å². The molecule has 0 aliphatic rings. The minimum Gasteiger partial charge on any atom is -0.354 e. The summed E-state index contributed by atoms with van der Waals surface area (Å²) in [5.74, 6) is -0.609. The Morgan fingerprint density at radius 2 is 1.61 bits per heavy atom. The molecule has 0 aliphatic carbocycles. The number of nitrogens with zero attached hydrogens (tertiary/aromatic N) is 2. The molecular weight excluding hydrogens is 545 g/mol. The van der Waals surface area contributed by atoms with E-state index in [2.05, 4.69) is 5.32 Å². The van der Waals surface area contributed by atoms with E-state index >= 15 is 0 Å². The van der Waals surface area contributed by atoms with E-state index in [0.717, 1.165) is 12.7 Å². The fourth-order valence-electron chi connectivity index (χ4n) is 3.68. The number of rotatable bonds is 12. The average molecular weight is 577 g/mol. The molecule has 1 atom stereocenters. The minimum absolute atomic E-state index is 0.0130. The molecule has 2 amide bonds. The second kappa shape index (κ2) is 13.5. The monoisotopic (exact) mass is 575 g/mol. The number of halogens is 3. The number of hydrogen-bond acceptors (Lipinski definition) is 4. The van der Waals surface area contributed by atoms with Crippen molar-refractivity contribution in [3.8, 4) is 0 Å². The molecule has 7 nitrogen and oxygen atoms in total. The second-order valence-electron chi connectivity index (χ2n) is 8.51. The zero-order chi connectivity index (χ0) is 27.0. The summed E-state index contributed by atoms with van der Waals surface area (Å²) in [6.45, 7) is 5.93. The zero-order valence-electron chi connectivity index (χ0n) is 20.9. The minimum atomic E-state index is -3.62. The molecule has 0 bridgehead atoms. The van der Waals surface area contributed by atoms with Crippen LogP contribution in [0.1, 0.15) is 44.2 Å². The van der Waals surface area contributed by atoms with E-state index in [1.54, 1.807) is 50.2 Å².